The van der Waals surface area contributed by atoms with Crippen molar-refractivity contribution in [2.24, 2.45) is 0 Å². The molecule has 0 aliphatic rings. The molecule has 3 N–H and O–H groups in total. The van der Waals surface area contributed by atoms with E-state index in [1.54, 1.807) is 25.1 Å². The topological polar surface area (TPSA) is 70.2 Å². The molecule has 0 unspecified atom stereocenters. The van der Waals surface area contributed by atoms with Crippen LogP contribution in [0.5, 0.6) is 0 Å². The molecule has 0 saturated heterocycles. The Hall–Kier alpha value is -2.25. The summed E-state index contributed by atoms with van der Waals surface area (Å²) in [6.45, 7) is 5.65. The maximum atomic E-state index is 12.3. The first-order chi connectivity index (χ1) is 12.3. The lowest BCUT2D eigenvalue weighted by atomic mass is 10.1. The molecule has 0 bridgehead atoms. The van der Waals surface area contributed by atoms with Gasteiger partial charge in [0.1, 0.15) is 0 Å². The molecule has 26 heavy (non-hydrogen) atoms. The molecule has 136 valence electrons. The molecule has 5 nitrogen and oxygen atoms in total. The average Bonchev–Trinajstić information content (AvgIpc) is 2.59. The van der Waals surface area contributed by atoms with Crippen molar-refractivity contribution in [1.82, 2.24) is 5.32 Å². The van der Waals surface area contributed by atoms with Gasteiger partial charge in [-0.15, -0.1) is 0 Å². The van der Waals surface area contributed by atoms with Crippen molar-refractivity contribution < 1.29 is 9.59 Å². The summed E-state index contributed by atoms with van der Waals surface area (Å²) >= 11 is 8.63. The number of hydrogen-bond acceptors (Lipinski definition) is 3. The Morgan fingerprint density at radius 2 is 1.73 bits per heavy atom. The van der Waals surface area contributed by atoms with Gasteiger partial charge in [-0.05, 0) is 61.5 Å². The van der Waals surface area contributed by atoms with E-state index in [4.69, 9.17) is 12.2 Å². The number of rotatable bonds is 4. The number of nitrogens with one attached hydrogen (secondary N) is 3. The largest absolute Gasteiger partial charge is 0.332 e. The first-order valence-corrected chi connectivity index (χ1v) is 9.29. The number of anilines is 2. The summed E-state index contributed by atoms with van der Waals surface area (Å²) in [4.78, 5) is 23.9. The first-order valence-electron chi connectivity index (χ1n) is 8.09. The zero-order chi connectivity index (χ0) is 19.3. The van der Waals surface area contributed by atoms with Gasteiger partial charge in [0.15, 0.2) is 5.11 Å². The van der Waals surface area contributed by atoms with E-state index < -0.39 is 0 Å². The summed E-state index contributed by atoms with van der Waals surface area (Å²) in [7, 11) is 0. The van der Waals surface area contributed by atoms with E-state index >= 15 is 0 Å². The van der Waals surface area contributed by atoms with Crippen LogP contribution in [0.2, 0.25) is 0 Å². The average molecular weight is 434 g/mol. The molecular weight excluding hydrogens is 414 g/mol. The molecule has 0 radical (unpaired) electrons. The summed E-state index contributed by atoms with van der Waals surface area (Å²) in [5.41, 5.74) is 3.88. The first kappa shape index (κ1) is 20.1. The van der Waals surface area contributed by atoms with Gasteiger partial charge in [-0.1, -0.05) is 35.0 Å². The molecule has 0 aliphatic heterocycles. The number of carbonyl (C=O) groups excluding carboxylic acids is 2. The second kappa shape index (κ2) is 8.91. The predicted octanol–water partition coefficient (Wildman–Crippen LogP) is 4.54. The molecule has 0 spiro atoms. The SMILES string of the molecule is CCC(=O)Nc1cc(NC(=S)NC(=O)c2ccc(C)c(Br)c2)ccc1C. The van der Waals surface area contributed by atoms with Gasteiger partial charge in [0.05, 0.1) is 0 Å². The van der Waals surface area contributed by atoms with Crippen LogP contribution in [0.25, 0.3) is 0 Å². The zero-order valence-electron chi connectivity index (χ0n) is 14.8. The predicted molar refractivity (Wildman–Crippen MR) is 113 cm³/mol. The van der Waals surface area contributed by atoms with Gasteiger partial charge in [0.2, 0.25) is 5.91 Å². The van der Waals surface area contributed by atoms with Crippen LogP contribution in [0.3, 0.4) is 0 Å². The van der Waals surface area contributed by atoms with E-state index in [2.05, 4.69) is 31.9 Å². The highest BCUT2D eigenvalue weighted by Gasteiger charge is 2.10. The highest BCUT2D eigenvalue weighted by molar-refractivity contribution is 9.10. The Morgan fingerprint density at radius 1 is 1.04 bits per heavy atom. The Morgan fingerprint density at radius 3 is 2.38 bits per heavy atom. The van der Waals surface area contributed by atoms with Crippen LogP contribution in [-0.2, 0) is 4.79 Å². The Kier molecular flexibility index (Phi) is 6.88. The van der Waals surface area contributed by atoms with Crippen molar-refractivity contribution in [2.45, 2.75) is 27.2 Å². The summed E-state index contributed by atoms with van der Waals surface area (Å²) < 4.78 is 0.860. The molecule has 0 atom stereocenters. The van der Waals surface area contributed by atoms with E-state index in [1.807, 2.05) is 32.0 Å². The van der Waals surface area contributed by atoms with Crippen LogP contribution >= 0.6 is 28.1 Å². The van der Waals surface area contributed by atoms with Gasteiger partial charge in [-0.3, -0.25) is 14.9 Å². The Bertz CT molecular complexity index is 868. The van der Waals surface area contributed by atoms with Crippen LogP contribution < -0.4 is 16.0 Å². The Labute approximate surface area is 166 Å². The van der Waals surface area contributed by atoms with E-state index in [-0.39, 0.29) is 16.9 Å². The molecular formula is C19H20BrN3O2S. The van der Waals surface area contributed by atoms with Crippen LogP contribution in [0.1, 0.15) is 34.8 Å². The third kappa shape index (κ3) is 5.37. The standard InChI is InChI=1S/C19H20BrN3O2S/c1-4-17(24)22-16-10-14(8-6-12(16)3)21-19(26)23-18(25)13-7-5-11(2)15(20)9-13/h5-10H,4H2,1-3H3,(H,22,24)(H2,21,23,25,26). The third-order valence-electron chi connectivity index (χ3n) is 3.75. The number of aryl methyl sites for hydroxylation is 2. The van der Waals surface area contributed by atoms with Gasteiger partial charge >= 0.3 is 0 Å². The minimum atomic E-state index is -0.296. The van der Waals surface area contributed by atoms with Crippen LogP contribution in [0, 0.1) is 13.8 Å². The van der Waals surface area contributed by atoms with Crippen LogP contribution in [-0.4, -0.2) is 16.9 Å². The van der Waals surface area contributed by atoms with Gasteiger partial charge in [-0.2, -0.15) is 0 Å². The normalized spacial score (nSPS) is 10.2. The van der Waals surface area contributed by atoms with E-state index in [1.165, 1.54) is 0 Å². The molecule has 0 aliphatic carbocycles. The number of hydrogen-bond donors (Lipinski definition) is 3. The monoisotopic (exact) mass is 433 g/mol. The number of halogens is 1. The number of benzene rings is 2. The summed E-state index contributed by atoms with van der Waals surface area (Å²) in [6.07, 6.45) is 0.400. The van der Waals surface area contributed by atoms with E-state index in [9.17, 15) is 9.59 Å². The molecule has 7 heteroatoms. The minimum absolute atomic E-state index is 0.0638. The van der Waals surface area contributed by atoms with Crippen LogP contribution in [0.15, 0.2) is 40.9 Å². The van der Waals surface area contributed by atoms with Gasteiger partial charge in [0.25, 0.3) is 5.91 Å². The van der Waals surface area contributed by atoms with Crippen molar-refractivity contribution in [3.63, 3.8) is 0 Å². The molecule has 2 amide bonds. The third-order valence-corrected chi connectivity index (χ3v) is 4.81. The second-order valence-electron chi connectivity index (χ2n) is 5.80. The summed E-state index contributed by atoms with van der Waals surface area (Å²) in [5.74, 6) is -0.360. The fraction of sp³-hybridized carbons (Fsp3) is 0.211. The summed E-state index contributed by atoms with van der Waals surface area (Å²) in [6, 6.07) is 10.8. The fourth-order valence-corrected chi connectivity index (χ4v) is 2.73. The fourth-order valence-electron chi connectivity index (χ4n) is 2.14. The minimum Gasteiger partial charge on any atom is -0.332 e. The molecule has 0 saturated carbocycles. The van der Waals surface area contributed by atoms with Crippen molar-refractivity contribution in [3.8, 4) is 0 Å². The maximum absolute atomic E-state index is 12.3. The zero-order valence-corrected chi connectivity index (χ0v) is 17.2. The molecule has 2 aromatic carbocycles. The summed E-state index contributed by atoms with van der Waals surface area (Å²) in [5, 5.41) is 8.64. The van der Waals surface area contributed by atoms with Gasteiger partial charge in [-0.25, -0.2) is 0 Å². The van der Waals surface area contributed by atoms with Crippen molar-refractivity contribution in [3.05, 3.63) is 57.6 Å². The molecule has 2 aromatic rings. The van der Waals surface area contributed by atoms with E-state index in [0.717, 1.165) is 15.6 Å². The maximum Gasteiger partial charge on any atom is 0.257 e. The van der Waals surface area contributed by atoms with Crippen LogP contribution in [0.4, 0.5) is 11.4 Å². The lowest BCUT2D eigenvalue weighted by Gasteiger charge is -2.13. The lowest BCUT2D eigenvalue weighted by molar-refractivity contribution is -0.115. The quantitative estimate of drug-likeness (QED) is 0.618. The molecule has 0 heterocycles. The number of carbonyl (C=O) groups is 2. The highest BCUT2D eigenvalue weighted by Crippen LogP contribution is 2.21. The molecule has 2 rings (SSSR count). The lowest BCUT2D eigenvalue weighted by Crippen LogP contribution is -2.34. The van der Waals surface area contributed by atoms with Crippen molar-refractivity contribution in [1.29, 1.82) is 0 Å². The Balaban J connectivity index is 2.05. The molecule has 0 fully saturated rings. The number of amides is 2. The highest BCUT2D eigenvalue weighted by atomic mass is 79.9. The van der Waals surface area contributed by atoms with Crippen molar-refractivity contribution in [2.75, 3.05) is 10.6 Å². The smallest absolute Gasteiger partial charge is 0.257 e. The van der Waals surface area contributed by atoms with Gasteiger partial charge < -0.3 is 10.6 Å². The van der Waals surface area contributed by atoms with Gasteiger partial charge in [0, 0.05) is 27.8 Å². The van der Waals surface area contributed by atoms with Crippen molar-refractivity contribution >= 4 is 56.4 Å². The molecule has 0 aromatic heterocycles. The van der Waals surface area contributed by atoms with E-state index in [0.29, 0.717) is 23.4 Å². The second-order valence-corrected chi connectivity index (χ2v) is 7.07. The number of thiocarbonyl (C=S) groups is 1.